The van der Waals surface area contributed by atoms with Crippen LogP contribution in [-0.2, 0) is 4.79 Å². The number of hydrogen-bond donors (Lipinski definition) is 1. The fourth-order valence-electron chi connectivity index (χ4n) is 2.38. The largest absolute Gasteiger partial charge is 0.338 e. The lowest BCUT2D eigenvalue weighted by atomic mass is 9.75. The molecular formula is C9H12N2O. The highest BCUT2D eigenvalue weighted by Crippen LogP contribution is 2.39. The Balaban J connectivity index is 2.26. The third-order valence-corrected chi connectivity index (χ3v) is 3.06. The van der Waals surface area contributed by atoms with E-state index in [1.807, 2.05) is 0 Å². The van der Waals surface area contributed by atoms with Crippen molar-refractivity contribution < 1.29 is 4.79 Å². The van der Waals surface area contributed by atoms with Gasteiger partial charge in [0.25, 0.3) is 0 Å². The monoisotopic (exact) mass is 164 g/mol. The molecular weight excluding hydrogens is 152 g/mol. The average Bonchev–Trinajstić information content (AvgIpc) is 2.41. The van der Waals surface area contributed by atoms with Crippen molar-refractivity contribution in [2.75, 3.05) is 0 Å². The number of amides is 1. The Bertz CT molecular complexity index is 256. The van der Waals surface area contributed by atoms with E-state index in [0.29, 0.717) is 6.42 Å². The first-order valence-corrected chi connectivity index (χ1v) is 4.49. The predicted octanol–water partition coefficient (Wildman–Crippen LogP) is 0.959. The minimum atomic E-state index is -0.491. The summed E-state index contributed by atoms with van der Waals surface area (Å²) in [7, 11) is 0. The predicted molar refractivity (Wildman–Crippen MR) is 43.1 cm³/mol. The smallest absolute Gasteiger partial charge is 0.221 e. The standard InChI is InChI=1S/C9H12N2O/c10-6-9-4-2-1-3-7(9)5-8(12)11-9/h7H,1-5H2,(H,11,12)/t7-,9+/m0/s1. The van der Waals surface area contributed by atoms with Crippen LogP contribution in [0.4, 0.5) is 0 Å². The van der Waals surface area contributed by atoms with Crippen molar-refractivity contribution in [3.05, 3.63) is 0 Å². The number of hydrogen-bond acceptors (Lipinski definition) is 2. The average molecular weight is 164 g/mol. The van der Waals surface area contributed by atoms with Crippen molar-refractivity contribution in [3.63, 3.8) is 0 Å². The molecule has 1 saturated carbocycles. The molecule has 64 valence electrons. The molecule has 2 aliphatic rings. The first-order valence-electron chi connectivity index (χ1n) is 4.49. The first kappa shape index (κ1) is 7.60. The number of nitrogens with one attached hydrogen (secondary N) is 1. The molecule has 1 aliphatic heterocycles. The molecule has 1 heterocycles. The minimum Gasteiger partial charge on any atom is -0.338 e. The Morgan fingerprint density at radius 2 is 2.42 bits per heavy atom. The molecule has 1 saturated heterocycles. The van der Waals surface area contributed by atoms with Gasteiger partial charge in [-0.1, -0.05) is 12.8 Å². The second-order valence-corrected chi connectivity index (χ2v) is 3.78. The number of fused-ring (bicyclic) bond motifs is 1. The maximum atomic E-state index is 11.1. The van der Waals surface area contributed by atoms with E-state index in [9.17, 15) is 4.79 Å². The molecule has 0 aromatic rings. The fraction of sp³-hybridized carbons (Fsp3) is 0.778. The van der Waals surface area contributed by atoms with Crippen LogP contribution in [0.3, 0.4) is 0 Å². The molecule has 12 heavy (non-hydrogen) atoms. The van der Waals surface area contributed by atoms with Crippen molar-refractivity contribution in [2.45, 2.75) is 37.6 Å². The summed E-state index contributed by atoms with van der Waals surface area (Å²) < 4.78 is 0. The van der Waals surface area contributed by atoms with Crippen LogP contribution < -0.4 is 5.32 Å². The topological polar surface area (TPSA) is 52.9 Å². The molecule has 1 amide bonds. The molecule has 0 bridgehead atoms. The molecule has 2 atom stereocenters. The summed E-state index contributed by atoms with van der Waals surface area (Å²) in [4.78, 5) is 11.1. The van der Waals surface area contributed by atoms with Crippen LogP contribution in [0.5, 0.6) is 0 Å². The molecule has 2 rings (SSSR count). The van der Waals surface area contributed by atoms with Crippen LogP contribution >= 0.6 is 0 Å². The van der Waals surface area contributed by atoms with E-state index >= 15 is 0 Å². The van der Waals surface area contributed by atoms with E-state index in [0.717, 1.165) is 19.3 Å². The maximum absolute atomic E-state index is 11.1. The third kappa shape index (κ3) is 0.911. The van der Waals surface area contributed by atoms with Crippen LogP contribution in [0.25, 0.3) is 0 Å². The molecule has 0 unspecified atom stereocenters. The van der Waals surface area contributed by atoms with Gasteiger partial charge >= 0.3 is 0 Å². The van der Waals surface area contributed by atoms with Crippen molar-refractivity contribution in [2.24, 2.45) is 5.92 Å². The SMILES string of the molecule is N#C[C@]12CCCC[C@H]1CC(=O)N2. The van der Waals surface area contributed by atoms with Gasteiger partial charge in [-0.15, -0.1) is 0 Å². The summed E-state index contributed by atoms with van der Waals surface area (Å²) in [5, 5.41) is 11.8. The molecule has 3 heteroatoms. The van der Waals surface area contributed by atoms with E-state index < -0.39 is 5.54 Å². The van der Waals surface area contributed by atoms with E-state index in [-0.39, 0.29) is 11.8 Å². The molecule has 0 spiro atoms. The highest BCUT2D eigenvalue weighted by Gasteiger charge is 2.47. The molecule has 0 aromatic carbocycles. The summed E-state index contributed by atoms with van der Waals surface area (Å²) in [5.41, 5.74) is -0.491. The maximum Gasteiger partial charge on any atom is 0.221 e. The zero-order valence-electron chi connectivity index (χ0n) is 6.97. The minimum absolute atomic E-state index is 0.0588. The van der Waals surface area contributed by atoms with Gasteiger partial charge < -0.3 is 5.32 Å². The molecule has 1 N–H and O–H groups in total. The van der Waals surface area contributed by atoms with Crippen molar-refractivity contribution >= 4 is 5.91 Å². The quantitative estimate of drug-likeness (QED) is 0.579. The second kappa shape index (κ2) is 2.48. The number of nitrogens with zero attached hydrogens (tertiary/aromatic N) is 1. The Morgan fingerprint density at radius 1 is 1.58 bits per heavy atom. The normalized spacial score (nSPS) is 39.9. The van der Waals surface area contributed by atoms with Crippen LogP contribution in [0, 0.1) is 17.2 Å². The van der Waals surface area contributed by atoms with Gasteiger partial charge in [-0.25, -0.2) is 0 Å². The van der Waals surface area contributed by atoms with Gasteiger partial charge in [0.05, 0.1) is 6.07 Å². The van der Waals surface area contributed by atoms with Crippen LogP contribution in [-0.4, -0.2) is 11.4 Å². The van der Waals surface area contributed by atoms with Crippen molar-refractivity contribution in [1.29, 1.82) is 5.26 Å². The van der Waals surface area contributed by atoms with Gasteiger partial charge in [0.15, 0.2) is 0 Å². The van der Waals surface area contributed by atoms with Gasteiger partial charge in [0.1, 0.15) is 5.54 Å². The second-order valence-electron chi connectivity index (χ2n) is 3.78. The zero-order chi connectivity index (χ0) is 8.60. The van der Waals surface area contributed by atoms with Gasteiger partial charge in [-0.3, -0.25) is 4.79 Å². The number of rotatable bonds is 0. The van der Waals surface area contributed by atoms with E-state index in [2.05, 4.69) is 11.4 Å². The lowest BCUT2D eigenvalue weighted by Crippen LogP contribution is -2.46. The van der Waals surface area contributed by atoms with Gasteiger partial charge in [0, 0.05) is 12.3 Å². The van der Waals surface area contributed by atoms with Crippen LogP contribution in [0.2, 0.25) is 0 Å². The number of carbonyl (C=O) groups is 1. The van der Waals surface area contributed by atoms with Gasteiger partial charge in [-0.05, 0) is 12.8 Å². The molecule has 0 aromatic heterocycles. The Kier molecular flexibility index (Phi) is 1.57. The number of nitriles is 1. The lowest BCUT2D eigenvalue weighted by Gasteiger charge is -2.32. The van der Waals surface area contributed by atoms with Crippen molar-refractivity contribution in [3.8, 4) is 6.07 Å². The highest BCUT2D eigenvalue weighted by molar-refractivity contribution is 5.81. The summed E-state index contributed by atoms with van der Waals surface area (Å²) in [6.07, 6.45) is 4.69. The molecule has 3 nitrogen and oxygen atoms in total. The summed E-state index contributed by atoms with van der Waals surface area (Å²) in [6, 6.07) is 2.28. The number of carbonyl (C=O) groups excluding carboxylic acids is 1. The lowest BCUT2D eigenvalue weighted by molar-refractivity contribution is -0.119. The Hall–Kier alpha value is -1.04. The third-order valence-electron chi connectivity index (χ3n) is 3.06. The van der Waals surface area contributed by atoms with Crippen molar-refractivity contribution in [1.82, 2.24) is 5.32 Å². The van der Waals surface area contributed by atoms with Gasteiger partial charge in [0.2, 0.25) is 5.91 Å². The van der Waals surface area contributed by atoms with E-state index in [4.69, 9.17) is 5.26 Å². The summed E-state index contributed by atoms with van der Waals surface area (Å²) in [6.45, 7) is 0. The van der Waals surface area contributed by atoms with E-state index in [1.165, 1.54) is 6.42 Å². The van der Waals surface area contributed by atoms with Crippen LogP contribution in [0.15, 0.2) is 0 Å². The molecule has 2 fully saturated rings. The van der Waals surface area contributed by atoms with Crippen LogP contribution in [0.1, 0.15) is 32.1 Å². The Labute approximate surface area is 71.8 Å². The zero-order valence-corrected chi connectivity index (χ0v) is 6.97. The Morgan fingerprint density at radius 3 is 3.08 bits per heavy atom. The van der Waals surface area contributed by atoms with Gasteiger partial charge in [-0.2, -0.15) is 5.26 Å². The summed E-state index contributed by atoms with van der Waals surface area (Å²) in [5.74, 6) is 0.340. The molecule has 0 radical (unpaired) electrons. The van der Waals surface area contributed by atoms with E-state index in [1.54, 1.807) is 0 Å². The fourth-order valence-corrected chi connectivity index (χ4v) is 2.38. The summed E-state index contributed by atoms with van der Waals surface area (Å²) >= 11 is 0. The molecule has 1 aliphatic carbocycles. The first-order chi connectivity index (χ1) is 5.77. The highest BCUT2D eigenvalue weighted by atomic mass is 16.2.